The van der Waals surface area contributed by atoms with E-state index in [4.69, 9.17) is 4.74 Å². The lowest BCUT2D eigenvalue weighted by Gasteiger charge is -2.31. The average molecular weight is 263 g/mol. The maximum absolute atomic E-state index is 9.77. The molecule has 0 saturated heterocycles. The van der Waals surface area contributed by atoms with Crippen LogP contribution in [0, 0.1) is 0 Å². The zero-order chi connectivity index (χ0) is 13.7. The van der Waals surface area contributed by atoms with Crippen LogP contribution in [0.3, 0.4) is 0 Å². The molecule has 0 radical (unpaired) electrons. The Morgan fingerprint density at radius 3 is 2.84 bits per heavy atom. The molecule has 0 heterocycles. The average Bonchev–Trinajstić information content (AvgIpc) is 2.45. The number of hydrogen-bond donors (Lipinski definition) is 2. The second kappa shape index (κ2) is 6.92. The van der Waals surface area contributed by atoms with E-state index in [1.54, 1.807) is 7.11 Å². The number of benzene rings is 1. The van der Waals surface area contributed by atoms with E-state index in [0.717, 1.165) is 37.9 Å². The number of aliphatic hydroxyl groups excluding tert-OH is 1. The maximum atomic E-state index is 9.77. The molecular formula is C16H25NO2. The molecule has 2 rings (SSSR count). The summed E-state index contributed by atoms with van der Waals surface area (Å²) in [6, 6.07) is 8.90. The van der Waals surface area contributed by atoms with Crippen molar-refractivity contribution in [2.45, 2.75) is 57.2 Å². The second-order valence-electron chi connectivity index (χ2n) is 5.39. The van der Waals surface area contributed by atoms with Crippen LogP contribution in [0.25, 0.3) is 0 Å². The van der Waals surface area contributed by atoms with Crippen LogP contribution in [0.15, 0.2) is 24.3 Å². The number of hydrogen-bond acceptors (Lipinski definition) is 3. The monoisotopic (exact) mass is 263 g/mol. The van der Waals surface area contributed by atoms with Crippen LogP contribution in [0.2, 0.25) is 0 Å². The third kappa shape index (κ3) is 3.71. The van der Waals surface area contributed by atoms with Gasteiger partial charge in [-0.3, -0.25) is 0 Å². The summed E-state index contributed by atoms with van der Waals surface area (Å²) in [7, 11) is 1.72. The van der Waals surface area contributed by atoms with Crippen LogP contribution in [0.4, 0.5) is 0 Å². The van der Waals surface area contributed by atoms with Gasteiger partial charge in [-0.15, -0.1) is 0 Å². The van der Waals surface area contributed by atoms with Crippen LogP contribution >= 0.6 is 0 Å². The van der Waals surface area contributed by atoms with Crippen molar-refractivity contribution < 1.29 is 9.84 Å². The molecule has 1 aliphatic rings. The molecule has 1 aromatic rings. The van der Waals surface area contributed by atoms with Gasteiger partial charge < -0.3 is 15.2 Å². The number of para-hydroxylation sites is 1. The Morgan fingerprint density at radius 2 is 2.16 bits per heavy atom. The fourth-order valence-electron chi connectivity index (χ4n) is 2.98. The molecule has 0 aliphatic heterocycles. The molecule has 3 atom stereocenters. The normalized spacial score (nSPS) is 25.0. The number of aliphatic hydroxyl groups is 1. The molecule has 0 amide bonds. The van der Waals surface area contributed by atoms with Gasteiger partial charge in [0.2, 0.25) is 0 Å². The number of methoxy groups -OCH3 is 1. The van der Waals surface area contributed by atoms with Crippen molar-refractivity contribution in [3.05, 3.63) is 29.8 Å². The first kappa shape index (κ1) is 14.4. The van der Waals surface area contributed by atoms with E-state index in [-0.39, 0.29) is 6.10 Å². The third-order valence-electron chi connectivity index (χ3n) is 4.01. The summed E-state index contributed by atoms with van der Waals surface area (Å²) in [4.78, 5) is 0. The SMILES string of the molecule is CCC(NC1CCCC(O)C1)c1ccccc1OC. The molecule has 0 spiro atoms. The van der Waals surface area contributed by atoms with E-state index in [1.807, 2.05) is 12.1 Å². The molecule has 1 aliphatic carbocycles. The maximum Gasteiger partial charge on any atom is 0.123 e. The van der Waals surface area contributed by atoms with E-state index < -0.39 is 0 Å². The van der Waals surface area contributed by atoms with Crippen LogP contribution in [0.1, 0.15) is 50.6 Å². The first-order chi connectivity index (χ1) is 9.24. The van der Waals surface area contributed by atoms with Crippen molar-refractivity contribution in [2.75, 3.05) is 7.11 Å². The van der Waals surface area contributed by atoms with Gasteiger partial charge in [0.15, 0.2) is 0 Å². The van der Waals surface area contributed by atoms with Gasteiger partial charge in [0.1, 0.15) is 5.75 Å². The highest BCUT2D eigenvalue weighted by Gasteiger charge is 2.23. The van der Waals surface area contributed by atoms with E-state index in [2.05, 4.69) is 24.4 Å². The minimum absolute atomic E-state index is 0.138. The molecule has 1 fully saturated rings. The molecule has 2 N–H and O–H groups in total. The van der Waals surface area contributed by atoms with E-state index >= 15 is 0 Å². The summed E-state index contributed by atoms with van der Waals surface area (Å²) < 4.78 is 5.45. The fraction of sp³-hybridized carbons (Fsp3) is 0.625. The van der Waals surface area contributed by atoms with Gasteiger partial charge in [-0.1, -0.05) is 25.1 Å². The zero-order valence-electron chi connectivity index (χ0n) is 11.9. The summed E-state index contributed by atoms with van der Waals surface area (Å²) in [5.74, 6) is 0.943. The van der Waals surface area contributed by atoms with Crippen molar-refractivity contribution in [3.8, 4) is 5.75 Å². The predicted molar refractivity (Wildman–Crippen MR) is 77.4 cm³/mol. The molecule has 106 valence electrons. The van der Waals surface area contributed by atoms with Crippen LogP contribution in [-0.4, -0.2) is 24.4 Å². The molecule has 19 heavy (non-hydrogen) atoms. The summed E-state index contributed by atoms with van der Waals surface area (Å²) in [5, 5.41) is 13.5. The quantitative estimate of drug-likeness (QED) is 0.858. The van der Waals surface area contributed by atoms with Gasteiger partial charge in [-0.05, 0) is 38.2 Å². The van der Waals surface area contributed by atoms with E-state index in [1.165, 1.54) is 5.56 Å². The van der Waals surface area contributed by atoms with Crippen LogP contribution in [-0.2, 0) is 0 Å². The van der Waals surface area contributed by atoms with Crippen molar-refractivity contribution >= 4 is 0 Å². The molecule has 0 aromatic heterocycles. The Bertz CT molecular complexity index is 394. The fourth-order valence-corrected chi connectivity index (χ4v) is 2.98. The van der Waals surface area contributed by atoms with Crippen LogP contribution < -0.4 is 10.1 Å². The summed E-state index contributed by atoms with van der Waals surface area (Å²) >= 11 is 0. The van der Waals surface area contributed by atoms with Crippen molar-refractivity contribution in [2.24, 2.45) is 0 Å². The number of nitrogens with one attached hydrogen (secondary N) is 1. The van der Waals surface area contributed by atoms with Crippen molar-refractivity contribution in [1.29, 1.82) is 0 Å². The highest BCUT2D eigenvalue weighted by molar-refractivity contribution is 5.35. The molecule has 1 saturated carbocycles. The lowest BCUT2D eigenvalue weighted by Crippen LogP contribution is -2.38. The standard InChI is InChI=1S/C16H25NO2/c1-3-15(14-9-4-5-10-16(14)19-2)17-12-7-6-8-13(18)11-12/h4-5,9-10,12-13,15,17-18H,3,6-8,11H2,1-2H3. The first-order valence-electron chi connectivity index (χ1n) is 7.31. The lowest BCUT2D eigenvalue weighted by atomic mass is 9.91. The molecule has 1 aromatic carbocycles. The summed E-state index contributed by atoms with van der Waals surface area (Å²) in [6.07, 6.45) is 4.97. The number of rotatable bonds is 5. The molecular weight excluding hydrogens is 238 g/mol. The largest absolute Gasteiger partial charge is 0.496 e. The molecule has 3 nitrogen and oxygen atoms in total. The zero-order valence-corrected chi connectivity index (χ0v) is 11.9. The number of ether oxygens (including phenoxy) is 1. The van der Waals surface area contributed by atoms with Gasteiger partial charge in [0.05, 0.1) is 13.2 Å². The van der Waals surface area contributed by atoms with Crippen molar-refractivity contribution in [3.63, 3.8) is 0 Å². The van der Waals surface area contributed by atoms with Crippen LogP contribution in [0.5, 0.6) is 5.75 Å². The molecule has 3 unspecified atom stereocenters. The Balaban J connectivity index is 2.07. The van der Waals surface area contributed by atoms with Gasteiger partial charge in [-0.25, -0.2) is 0 Å². The topological polar surface area (TPSA) is 41.5 Å². The second-order valence-corrected chi connectivity index (χ2v) is 5.39. The Kier molecular flexibility index (Phi) is 5.23. The summed E-state index contributed by atoms with van der Waals surface area (Å²) in [6.45, 7) is 2.18. The lowest BCUT2D eigenvalue weighted by molar-refractivity contribution is 0.108. The first-order valence-corrected chi connectivity index (χ1v) is 7.31. The Labute approximate surface area is 116 Å². The predicted octanol–water partition coefficient (Wildman–Crippen LogP) is 3.04. The van der Waals surface area contributed by atoms with Gasteiger partial charge in [-0.2, -0.15) is 0 Å². The van der Waals surface area contributed by atoms with Gasteiger partial charge in [0.25, 0.3) is 0 Å². The highest BCUT2D eigenvalue weighted by atomic mass is 16.5. The highest BCUT2D eigenvalue weighted by Crippen LogP contribution is 2.29. The smallest absolute Gasteiger partial charge is 0.123 e. The van der Waals surface area contributed by atoms with Gasteiger partial charge >= 0.3 is 0 Å². The molecule has 3 heteroatoms. The third-order valence-corrected chi connectivity index (χ3v) is 4.01. The summed E-state index contributed by atoms with van der Waals surface area (Å²) in [5.41, 5.74) is 1.22. The van der Waals surface area contributed by atoms with Crippen molar-refractivity contribution in [1.82, 2.24) is 5.32 Å². The Morgan fingerprint density at radius 1 is 1.37 bits per heavy atom. The van der Waals surface area contributed by atoms with E-state index in [0.29, 0.717) is 12.1 Å². The van der Waals surface area contributed by atoms with Gasteiger partial charge in [0, 0.05) is 17.6 Å². The molecule has 0 bridgehead atoms. The minimum atomic E-state index is -0.138. The Hall–Kier alpha value is -1.06. The minimum Gasteiger partial charge on any atom is -0.496 e. The van der Waals surface area contributed by atoms with E-state index in [9.17, 15) is 5.11 Å².